The van der Waals surface area contributed by atoms with Crippen molar-refractivity contribution >= 4 is 23.2 Å². The Morgan fingerprint density at radius 1 is 1.53 bits per heavy atom. The molecule has 1 saturated heterocycles. The van der Waals surface area contributed by atoms with Gasteiger partial charge in [-0.1, -0.05) is 13.0 Å². The number of hydrogen-bond acceptors (Lipinski definition) is 3. The van der Waals surface area contributed by atoms with Crippen molar-refractivity contribution in [2.45, 2.75) is 45.2 Å². The Kier molecular flexibility index (Phi) is 3.94. The lowest BCUT2D eigenvalue weighted by molar-refractivity contribution is -0.140. The third-order valence-electron chi connectivity index (χ3n) is 3.86. The van der Waals surface area contributed by atoms with E-state index in [-0.39, 0.29) is 17.9 Å². The molecule has 0 saturated carbocycles. The molecule has 1 aliphatic rings. The summed E-state index contributed by atoms with van der Waals surface area (Å²) in [5.74, 6) is -0.0275. The summed E-state index contributed by atoms with van der Waals surface area (Å²) < 4.78 is 0. The summed E-state index contributed by atoms with van der Waals surface area (Å²) in [5, 5.41) is 4.87. The van der Waals surface area contributed by atoms with Gasteiger partial charge in [0.25, 0.3) is 0 Å². The fourth-order valence-corrected chi connectivity index (χ4v) is 3.15. The number of hydrogen-bond donors (Lipinski definition) is 1. The number of nitrogens with zero attached hydrogens (tertiary/aromatic N) is 1. The lowest BCUT2D eigenvalue weighted by Gasteiger charge is -2.34. The largest absolute Gasteiger partial charge is 0.342 e. The second-order valence-electron chi connectivity index (χ2n) is 5.17. The van der Waals surface area contributed by atoms with E-state index in [4.69, 9.17) is 0 Å². The van der Waals surface area contributed by atoms with E-state index in [0.717, 1.165) is 4.88 Å². The molecular weight excluding hydrogens is 260 g/mol. The molecule has 2 unspecified atom stereocenters. The molecule has 2 amide bonds. The highest BCUT2D eigenvalue weighted by molar-refractivity contribution is 7.10. The standard InChI is InChI=1S/C14H20N2O2S/c1-4-14(3)13(18)16(8-7-12(17)15-14)10(2)11-6-5-9-19-11/h5-6,9-10H,4,7-8H2,1-3H3,(H,15,17). The van der Waals surface area contributed by atoms with Crippen LogP contribution in [-0.4, -0.2) is 28.8 Å². The first-order valence-corrected chi connectivity index (χ1v) is 7.51. The maximum Gasteiger partial charge on any atom is 0.248 e. The van der Waals surface area contributed by atoms with Crippen LogP contribution in [0.15, 0.2) is 17.5 Å². The monoisotopic (exact) mass is 280 g/mol. The minimum Gasteiger partial charge on any atom is -0.342 e. The van der Waals surface area contributed by atoms with Crippen LogP contribution in [0.5, 0.6) is 0 Å². The fourth-order valence-electron chi connectivity index (χ4n) is 2.36. The molecule has 104 valence electrons. The van der Waals surface area contributed by atoms with Gasteiger partial charge in [-0.3, -0.25) is 9.59 Å². The predicted molar refractivity (Wildman–Crippen MR) is 75.9 cm³/mol. The molecule has 0 spiro atoms. The maximum absolute atomic E-state index is 12.7. The maximum atomic E-state index is 12.7. The van der Waals surface area contributed by atoms with Crippen LogP contribution in [0.2, 0.25) is 0 Å². The van der Waals surface area contributed by atoms with Crippen molar-refractivity contribution in [1.82, 2.24) is 10.2 Å². The van der Waals surface area contributed by atoms with Gasteiger partial charge in [0.1, 0.15) is 5.54 Å². The zero-order valence-electron chi connectivity index (χ0n) is 11.6. The van der Waals surface area contributed by atoms with Gasteiger partial charge >= 0.3 is 0 Å². The van der Waals surface area contributed by atoms with Gasteiger partial charge < -0.3 is 10.2 Å². The zero-order valence-corrected chi connectivity index (χ0v) is 12.4. The molecule has 5 heteroatoms. The van der Waals surface area contributed by atoms with Crippen LogP contribution >= 0.6 is 11.3 Å². The molecule has 1 fully saturated rings. The van der Waals surface area contributed by atoms with E-state index in [0.29, 0.717) is 19.4 Å². The number of nitrogens with one attached hydrogen (secondary N) is 1. The first-order valence-electron chi connectivity index (χ1n) is 6.63. The van der Waals surface area contributed by atoms with E-state index in [1.54, 1.807) is 11.3 Å². The van der Waals surface area contributed by atoms with Crippen LogP contribution in [0.3, 0.4) is 0 Å². The first-order chi connectivity index (χ1) is 8.98. The molecule has 2 rings (SSSR count). The van der Waals surface area contributed by atoms with Crippen LogP contribution in [0.4, 0.5) is 0 Å². The van der Waals surface area contributed by atoms with Crippen molar-refractivity contribution in [3.8, 4) is 0 Å². The van der Waals surface area contributed by atoms with E-state index in [1.165, 1.54) is 0 Å². The van der Waals surface area contributed by atoms with Gasteiger partial charge in [0.2, 0.25) is 11.8 Å². The molecule has 1 N–H and O–H groups in total. The molecular formula is C14H20N2O2S. The molecule has 2 heterocycles. The Labute approximate surface area is 117 Å². The highest BCUT2D eigenvalue weighted by Crippen LogP contribution is 2.29. The lowest BCUT2D eigenvalue weighted by atomic mass is 9.96. The summed E-state index contributed by atoms with van der Waals surface area (Å²) in [6.07, 6.45) is 0.974. The summed E-state index contributed by atoms with van der Waals surface area (Å²) in [4.78, 5) is 27.4. The number of thiophene rings is 1. The topological polar surface area (TPSA) is 49.4 Å². The average Bonchev–Trinajstić information content (AvgIpc) is 2.88. The number of rotatable bonds is 3. The Morgan fingerprint density at radius 3 is 2.84 bits per heavy atom. The molecule has 1 aliphatic heterocycles. The fraction of sp³-hybridized carbons (Fsp3) is 0.571. The molecule has 19 heavy (non-hydrogen) atoms. The molecule has 0 aromatic carbocycles. The van der Waals surface area contributed by atoms with Crippen LogP contribution in [0.25, 0.3) is 0 Å². The SMILES string of the molecule is CCC1(C)NC(=O)CCN(C(C)c2cccs2)C1=O. The van der Waals surface area contributed by atoms with Crippen LogP contribution in [-0.2, 0) is 9.59 Å². The van der Waals surface area contributed by atoms with Crippen LogP contribution < -0.4 is 5.32 Å². The van der Waals surface area contributed by atoms with Gasteiger partial charge in [-0.25, -0.2) is 0 Å². The van der Waals surface area contributed by atoms with E-state index in [1.807, 2.05) is 43.2 Å². The van der Waals surface area contributed by atoms with Crippen LogP contribution in [0, 0.1) is 0 Å². The quantitative estimate of drug-likeness (QED) is 0.924. The van der Waals surface area contributed by atoms with Gasteiger partial charge in [0, 0.05) is 17.8 Å². The van der Waals surface area contributed by atoms with Gasteiger partial charge in [0.15, 0.2) is 0 Å². The van der Waals surface area contributed by atoms with Crippen molar-refractivity contribution in [2.24, 2.45) is 0 Å². The smallest absolute Gasteiger partial charge is 0.248 e. The van der Waals surface area contributed by atoms with Crippen LogP contribution in [0.1, 0.15) is 44.5 Å². The minimum absolute atomic E-state index is 0.0155. The van der Waals surface area contributed by atoms with Crippen molar-refractivity contribution in [2.75, 3.05) is 6.54 Å². The highest BCUT2D eigenvalue weighted by Gasteiger charge is 2.40. The zero-order chi connectivity index (χ0) is 14.0. The summed E-state index contributed by atoms with van der Waals surface area (Å²) in [5.41, 5.74) is -0.779. The van der Waals surface area contributed by atoms with Crippen molar-refractivity contribution in [3.05, 3.63) is 22.4 Å². The molecule has 0 bridgehead atoms. The minimum atomic E-state index is -0.779. The normalized spacial score (nSPS) is 25.9. The lowest BCUT2D eigenvalue weighted by Crippen LogP contribution is -2.54. The van der Waals surface area contributed by atoms with E-state index >= 15 is 0 Å². The molecule has 2 atom stereocenters. The molecule has 0 aliphatic carbocycles. The number of carbonyl (C=O) groups is 2. The van der Waals surface area contributed by atoms with Gasteiger partial charge in [-0.2, -0.15) is 0 Å². The summed E-state index contributed by atoms with van der Waals surface area (Å²) in [7, 11) is 0. The Balaban J connectivity index is 2.29. The second-order valence-corrected chi connectivity index (χ2v) is 6.15. The van der Waals surface area contributed by atoms with Crippen molar-refractivity contribution in [1.29, 1.82) is 0 Å². The number of carbonyl (C=O) groups excluding carboxylic acids is 2. The number of amides is 2. The highest BCUT2D eigenvalue weighted by atomic mass is 32.1. The Hall–Kier alpha value is -1.36. The summed E-state index contributed by atoms with van der Waals surface area (Å²) in [6, 6.07) is 4.04. The van der Waals surface area contributed by atoms with Crippen molar-refractivity contribution in [3.63, 3.8) is 0 Å². The van der Waals surface area contributed by atoms with E-state index in [2.05, 4.69) is 5.32 Å². The van der Waals surface area contributed by atoms with Gasteiger partial charge in [-0.15, -0.1) is 11.3 Å². The molecule has 4 nitrogen and oxygen atoms in total. The summed E-state index contributed by atoms with van der Waals surface area (Å²) >= 11 is 1.64. The second kappa shape index (κ2) is 5.33. The molecule has 0 radical (unpaired) electrons. The third-order valence-corrected chi connectivity index (χ3v) is 4.90. The first kappa shape index (κ1) is 14.1. The molecule has 1 aromatic heterocycles. The summed E-state index contributed by atoms with van der Waals surface area (Å²) in [6.45, 7) is 6.25. The third kappa shape index (κ3) is 2.66. The van der Waals surface area contributed by atoms with Gasteiger partial charge in [-0.05, 0) is 31.7 Å². The molecule has 1 aromatic rings. The predicted octanol–water partition coefficient (Wildman–Crippen LogP) is 2.33. The van der Waals surface area contributed by atoms with Crippen molar-refractivity contribution < 1.29 is 9.59 Å². The Bertz CT molecular complexity index is 472. The van der Waals surface area contributed by atoms with E-state index < -0.39 is 5.54 Å². The van der Waals surface area contributed by atoms with E-state index in [9.17, 15) is 9.59 Å². The Morgan fingerprint density at radius 2 is 2.26 bits per heavy atom. The van der Waals surface area contributed by atoms with Gasteiger partial charge in [0.05, 0.1) is 6.04 Å². The average molecular weight is 280 g/mol.